The van der Waals surface area contributed by atoms with Gasteiger partial charge in [0, 0.05) is 36.2 Å². The van der Waals surface area contributed by atoms with Gasteiger partial charge in [0.05, 0.1) is 5.52 Å². The summed E-state index contributed by atoms with van der Waals surface area (Å²) in [6.45, 7) is 2.35. The van der Waals surface area contributed by atoms with Crippen molar-refractivity contribution in [3.8, 4) is 0 Å². The van der Waals surface area contributed by atoms with Gasteiger partial charge in [-0.3, -0.25) is 14.9 Å². The molecule has 1 aliphatic heterocycles. The standard InChI is InChI=1S/C13H15ClN4O/c14-10-1-2-12-9(7-10)3-6-18(12)17-13(19)11-8-15-4-5-16-11/h1-3,6-7,11,15-16H,4-5,8H2,(H,17,19). The summed E-state index contributed by atoms with van der Waals surface area (Å²) in [5.74, 6) is -0.0420. The van der Waals surface area contributed by atoms with Crippen molar-refractivity contribution in [2.45, 2.75) is 6.04 Å². The Balaban J connectivity index is 1.79. The Morgan fingerprint density at radius 1 is 1.37 bits per heavy atom. The van der Waals surface area contributed by atoms with Crippen LogP contribution in [0.3, 0.4) is 0 Å². The van der Waals surface area contributed by atoms with Gasteiger partial charge in [-0.15, -0.1) is 0 Å². The van der Waals surface area contributed by atoms with Gasteiger partial charge in [-0.05, 0) is 24.3 Å². The summed E-state index contributed by atoms with van der Waals surface area (Å²) in [5.41, 5.74) is 3.82. The SMILES string of the molecule is O=C(Nn1ccc2cc(Cl)ccc21)C1CNCCN1. The summed E-state index contributed by atoms with van der Waals surface area (Å²) in [6.07, 6.45) is 1.83. The van der Waals surface area contributed by atoms with Crippen LogP contribution in [0.2, 0.25) is 5.02 Å². The van der Waals surface area contributed by atoms with Crippen LogP contribution in [0.25, 0.3) is 10.9 Å². The van der Waals surface area contributed by atoms with E-state index in [9.17, 15) is 4.79 Å². The lowest BCUT2D eigenvalue weighted by Gasteiger charge is -2.23. The zero-order chi connectivity index (χ0) is 13.2. The van der Waals surface area contributed by atoms with Gasteiger partial charge in [0.2, 0.25) is 0 Å². The minimum Gasteiger partial charge on any atom is -0.313 e. The fourth-order valence-electron chi connectivity index (χ4n) is 2.25. The normalized spacial score (nSPS) is 19.5. The number of nitrogens with zero attached hydrogens (tertiary/aromatic N) is 1. The Morgan fingerprint density at radius 2 is 2.26 bits per heavy atom. The number of fused-ring (bicyclic) bond motifs is 1. The Kier molecular flexibility index (Phi) is 3.42. The number of hydrogen-bond donors (Lipinski definition) is 3. The third-order valence-corrected chi connectivity index (χ3v) is 3.48. The van der Waals surface area contributed by atoms with Crippen molar-refractivity contribution < 1.29 is 4.79 Å². The van der Waals surface area contributed by atoms with Gasteiger partial charge < -0.3 is 10.6 Å². The number of carbonyl (C=O) groups excluding carboxylic acids is 1. The summed E-state index contributed by atoms with van der Waals surface area (Å²) < 4.78 is 1.73. The highest BCUT2D eigenvalue weighted by molar-refractivity contribution is 6.31. The zero-order valence-electron chi connectivity index (χ0n) is 10.3. The van der Waals surface area contributed by atoms with Gasteiger partial charge in [0.15, 0.2) is 0 Å². The molecule has 3 rings (SSSR count). The van der Waals surface area contributed by atoms with Gasteiger partial charge in [-0.1, -0.05) is 11.6 Å². The van der Waals surface area contributed by atoms with E-state index in [4.69, 9.17) is 11.6 Å². The molecule has 100 valence electrons. The van der Waals surface area contributed by atoms with Crippen LogP contribution >= 0.6 is 11.6 Å². The Bertz CT molecular complexity index is 604. The van der Waals surface area contributed by atoms with Gasteiger partial charge in [0.25, 0.3) is 5.91 Å². The molecule has 1 amide bonds. The number of rotatable bonds is 2. The van der Waals surface area contributed by atoms with Crippen molar-refractivity contribution in [2.75, 3.05) is 25.1 Å². The number of amides is 1. The molecule has 1 aliphatic rings. The molecular weight excluding hydrogens is 264 g/mol. The van der Waals surface area contributed by atoms with Crippen LogP contribution in [-0.2, 0) is 4.79 Å². The maximum Gasteiger partial charge on any atom is 0.257 e. The summed E-state index contributed by atoms with van der Waals surface area (Å²) in [7, 11) is 0. The van der Waals surface area contributed by atoms with Crippen LogP contribution in [0.15, 0.2) is 30.5 Å². The van der Waals surface area contributed by atoms with Crippen LogP contribution < -0.4 is 16.1 Å². The van der Waals surface area contributed by atoms with E-state index in [1.807, 2.05) is 30.5 Å². The third kappa shape index (κ3) is 2.58. The molecule has 0 aliphatic carbocycles. The lowest BCUT2D eigenvalue weighted by Crippen LogP contribution is -2.55. The lowest BCUT2D eigenvalue weighted by atomic mass is 10.2. The topological polar surface area (TPSA) is 58.1 Å². The van der Waals surface area contributed by atoms with Crippen molar-refractivity contribution in [1.29, 1.82) is 0 Å². The molecule has 19 heavy (non-hydrogen) atoms. The molecule has 0 spiro atoms. The maximum absolute atomic E-state index is 12.1. The number of benzene rings is 1. The summed E-state index contributed by atoms with van der Waals surface area (Å²) in [5, 5.41) is 8.06. The smallest absolute Gasteiger partial charge is 0.257 e. The minimum absolute atomic E-state index is 0.0420. The molecule has 1 fully saturated rings. The predicted octanol–water partition coefficient (Wildman–Crippen LogP) is 0.926. The van der Waals surface area contributed by atoms with Gasteiger partial charge in [-0.25, -0.2) is 0 Å². The highest BCUT2D eigenvalue weighted by Crippen LogP contribution is 2.19. The van der Waals surface area contributed by atoms with Gasteiger partial charge >= 0.3 is 0 Å². The Labute approximate surface area is 115 Å². The molecule has 1 aromatic carbocycles. The van der Waals surface area contributed by atoms with Crippen molar-refractivity contribution in [3.05, 3.63) is 35.5 Å². The second-order valence-electron chi connectivity index (χ2n) is 4.58. The first-order valence-corrected chi connectivity index (χ1v) is 6.63. The molecule has 3 N–H and O–H groups in total. The van der Waals surface area contributed by atoms with E-state index in [2.05, 4.69) is 16.1 Å². The number of halogens is 1. The highest BCUT2D eigenvalue weighted by Gasteiger charge is 2.20. The van der Waals surface area contributed by atoms with Gasteiger partial charge in [0.1, 0.15) is 6.04 Å². The molecule has 2 heterocycles. The van der Waals surface area contributed by atoms with E-state index < -0.39 is 0 Å². The van der Waals surface area contributed by atoms with E-state index in [-0.39, 0.29) is 11.9 Å². The number of hydrogen-bond acceptors (Lipinski definition) is 3. The minimum atomic E-state index is -0.196. The molecule has 0 saturated carbocycles. The molecule has 1 atom stereocenters. The predicted molar refractivity (Wildman–Crippen MR) is 76.0 cm³/mol. The largest absolute Gasteiger partial charge is 0.313 e. The van der Waals surface area contributed by atoms with Crippen molar-refractivity contribution >= 4 is 28.4 Å². The zero-order valence-corrected chi connectivity index (χ0v) is 11.1. The van der Waals surface area contributed by atoms with E-state index in [1.165, 1.54) is 0 Å². The van der Waals surface area contributed by atoms with E-state index in [0.717, 1.165) is 24.0 Å². The first kappa shape index (κ1) is 12.5. The van der Waals surface area contributed by atoms with Crippen molar-refractivity contribution in [2.24, 2.45) is 0 Å². The number of carbonyl (C=O) groups is 1. The molecule has 2 aromatic rings. The summed E-state index contributed by atoms with van der Waals surface area (Å²) in [6, 6.07) is 7.31. The molecule has 6 heteroatoms. The van der Waals surface area contributed by atoms with Crippen LogP contribution in [0.4, 0.5) is 0 Å². The lowest BCUT2D eigenvalue weighted by molar-refractivity contribution is -0.119. The molecular formula is C13H15ClN4O. The maximum atomic E-state index is 12.1. The fraction of sp³-hybridized carbons (Fsp3) is 0.308. The number of nitrogens with one attached hydrogen (secondary N) is 3. The average Bonchev–Trinajstić information content (AvgIpc) is 2.82. The molecule has 5 nitrogen and oxygen atoms in total. The van der Waals surface area contributed by atoms with Crippen LogP contribution in [0, 0.1) is 0 Å². The quantitative estimate of drug-likeness (QED) is 0.766. The average molecular weight is 279 g/mol. The second-order valence-corrected chi connectivity index (χ2v) is 5.01. The molecule has 1 aromatic heterocycles. The first-order chi connectivity index (χ1) is 9.24. The second kappa shape index (κ2) is 5.21. The van der Waals surface area contributed by atoms with Crippen LogP contribution in [0.1, 0.15) is 0 Å². The van der Waals surface area contributed by atoms with Crippen LogP contribution in [0.5, 0.6) is 0 Å². The van der Waals surface area contributed by atoms with E-state index >= 15 is 0 Å². The monoisotopic (exact) mass is 278 g/mol. The molecule has 0 bridgehead atoms. The number of aromatic nitrogens is 1. The van der Waals surface area contributed by atoms with Crippen molar-refractivity contribution in [3.63, 3.8) is 0 Å². The summed E-state index contributed by atoms with van der Waals surface area (Å²) in [4.78, 5) is 12.1. The van der Waals surface area contributed by atoms with E-state index in [0.29, 0.717) is 11.6 Å². The van der Waals surface area contributed by atoms with Crippen molar-refractivity contribution in [1.82, 2.24) is 15.3 Å². The number of piperazine rings is 1. The Hall–Kier alpha value is -1.56. The highest BCUT2D eigenvalue weighted by atomic mass is 35.5. The first-order valence-electron chi connectivity index (χ1n) is 6.25. The molecule has 1 unspecified atom stereocenters. The molecule has 0 radical (unpaired) electrons. The fourth-order valence-corrected chi connectivity index (χ4v) is 2.43. The van der Waals surface area contributed by atoms with Crippen LogP contribution in [-0.4, -0.2) is 36.3 Å². The summed E-state index contributed by atoms with van der Waals surface area (Å²) >= 11 is 5.94. The molecule has 1 saturated heterocycles. The van der Waals surface area contributed by atoms with Gasteiger partial charge in [-0.2, -0.15) is 0 Å². The van der Waals surface area contributed by atoms with E-state index in [1.54, 1.807) is 4.68 Å². The third-order valence-electron chi connectivity index (χ3n) is 3.24. The Morgan fingerprint density at radius 3 is 3.05 bits per heavy atom.